The largest absolute Gasteiger partial charge is 0.413 e. The Kier molecular flexibility index (Phi) is 4.58. The lowest BCUT2D eigenvalue weighted by molar-refractivity contribution is -0.148. The number of alkyl halides is 3. The van der Waals surface area contributed by atoms with Crippen molar-refractivity contribution in [1.82, 2.24) is 0 Å². The van der Waals surface area contributed by atoms with Gasteiger partial charge in [-0.3, -0.25) is 4.79 Å². The molecule has 4 nitrogen and oxygen atoms in total. The summed E-state index contributed by atoms with van der Waals surface area (Å²) in [6.07, 6.45) is -1.05. The normalized spacial score (nSPS) is 16.8. The molecule has 0 amide bonds. The van der Waals surface area contributed by atoms with Gasteiger partial charge in [-0.15, -0.1) is 0 Å². The highest BCUT2D eigenvalue weighted by Gasteiger charge is 2.30. The molecule has 0 saturated heterocycles. The third-order valence-electron chi connectivity index (χ3n) is 1.01. The molecular weight excluding hydrogens is 228 g/mol. The van der Waals surface area contributed by atoms with E-state index in [0.29, 0.717) is 0 Å². The van der Waals surface area contributed by atoms with Gasteiger partial charge < -0.3 is 15.6 Å². The van der Waals surface area contributed by atoms with Crippen LogP contribution in [0.3, 0.4) is 0 Å². The first-order chi connectivity index (χ1) is 5.24. The zero-order valence-corrected chi connectivity index (χ0v) is 8.40. The quantitative estimate of drug-likeness (QED) is 0.543. The number of ether oxygens (including phenoxy) is 1. The number of nitrogens with two attached hydrogens (primary N) is 1. The summed E-state index contributed by atoms with van der Waals surface area (Å²) in [5, 5.41) is 8.83. The summed E-state index contributed by atoms with van der Waals surface area (Å²) in [6, 6.07) is -1.21. The topological polar surface area (TPSA) is 72.5 Å². The Balaban J connectivity index is 4.05. The number of rotatable bonds is 2. The molecular formula is C5H8Cl3NO3. The van der Waals surface area contributed by atoms with Crippen LogP contribution in [0.4, 0.5) is 0 Å². The SMILES string of the molecule is C[C@@H](O)[C@H](N)C(=O)OC(Cl)(Cl)Cl. The first-order valence-corrected chi connectivity index (χ1v) is 4.10. The Hall–Kier alpha value is 0.260. The molecule has 2 atom stereocenters. The standard InChI is InChI=1S/C5H8Cl3NO3/c1-2(10)3(9)4(11)12-5(6,7)8/h2-3,10H,9H2,1H3/t2-,3+/m1/s1. The molecule has 0 aromatic rings. The fraction of sp³-hybridized carbons (Fsp3) is 0.800. The molecule has 3 N–H and O–H groups in total. The predicted octanol–water partition coefficient (Wildman–Crippen LogP) is 0.565. The number of aliphatic hydroxyl groups is 1. The Morgan fingerprint density at radius 2 is 2.00 bits per heavy atom. The smallest absolute Gasteiger partial charge is 0.340 e. The fourth-order valence-corrected chi connectivity index (χ4v) is 0.607. The lowest BCUT2D eigenvalue weighted by Crippen LogP contribution is -2.42. The van der Waals surface area contributed by atoms with Crippen LogP contribution in [0.25, 0.3) is 0 Å². The number of halogens is 3. The highest BCUT2D eigenvalue weighted by atomic mass is 35.6. The van der Waals surface area contributed by atoms with Gasteiger partial charge in [0.15, 0.2) is 0 Å². The second-order valence-electron chi connectivity index (χ2n) is 2.13. The van der Waals surface area contributed by atoms with E-state index in [1.54, 1.807) is 0 Å². The summed E-state index contributed by atoms with van der Waals surface area (Å²) in [7, 11) is 0. The average Bonchev–Trinajstić information content (AvgIpc) is 1.82. The van der Waals surface area contributed by atoms with E-state index in [1.165, 1.54) is 6.92 Å². The van der Waals surface area contributed by atoms with E-state index in [9.17, 15) is 4.79 Å². The molecule has 0 aliphatic rings. The Morgan fingerprint density at radius 1 is 1.58 bits per heavy atom. The molecule has 0 heterocycles. The maximum atomic E-state index is 10.8. The summed E-state index contributed by atoms with van der Waals surface area (Å²) < 4.78 is 2.10. The van der Waals surface area contributed by atoms with Crippen molar-refractivity contribution in [2.75, 3.05) is 0 Å². The Labute approximate surface area is 84.5 Å². The molecule has 0 fully saturated rings. The van der Waals surface area contributed by atoms with Crippen molar-refractivity contribution in [3.05, 3.63) is 0 Å². The molecule has 0 radical (unpaired) electrons. The van der Waals surface area contributed by atoms with E-state index < -0.39 is 22.1 Å². The molecule has 0 aliphatic heterocycles. The molecule has 0 spiro atoms. The van der Waals surface area contributed by atoms with Crippen LogP contribution in [0.15, 0.2) is 0 Å². The summed E-state index contributed by atoms with van der Waals surface area (Å²) in [6.45, 7) is 1.32. The number of esters is 1. The van der Waals surface area contributed by atoms with Gasteiger partial charge in [0, 0.05) is 0 Å². The van der Waals surface area contributed by atoms with Crippen LogP contribution < -0.4 is 5.73 Å². The van der Waals surface area contributed by atoms with Crippen molar-refractivity contribution in [3.8, 4) is 0 Å². The van der Waals surface area contributed by atoms with Gasteiger partial charge in [-0.2, -0.15) is 0 Å². The lowest BCUT2D eigenvalue weighted by Gasteiger charge is -2.17. The molecule has 0 bridgehead atoms. The minimum absolute atomic E-state index is 0.968. The summed E-state index contributed by atoms with van der Waals surface area (Å²) in [4.78, 5) is 10.8. The van der Waals surface area contributed by atoms with Crippen LogP contribution in [-0.4, -0.2) is 27.2 Å². The minimum Gasteiger partial charge on any atom is -0.413 e. The maximum absolute atomic E-state index is 10.8. The van der Waals surface area contributed by atoms with Gasteiger partial charge in [0.1, 0.15) is 6.04 Å². The molecule has 72 valence electrons. The first kappa shape index (κ1) is 12.3. The van der Waals surface area contributed by atoms with Crippen LogP contribution in [0.1, 0.15) is 6.92 Å². The van der Waals surface area contributed by atoms with Gasteiger partial charge >= 0.3 is 9.95 Å². The molecule has 0 aliphatic carbocycles. The third kappa shape index (κ3) is 5.00. The number of hydrogen-bond acceptors (Lipinski definition) is 4. The van der Waals surface area contributed by atoms with Crippen molar-refractivity contribution in [3.63, 3.8) is 0 Å². The minimum atomic E-state index is -2.14. The first-order valence-electron chi connectivity index (χ1n) is 2.97. The zero-order valence-electron chi connectivity index (χ0n) is 6.13. The van der Waals surface area contributed by atoms with Crippen LogP contribution in [0.5, 0.6) is 0 Å². The van der Waals surface area contributed by atoms with E-state index in [-0.39, 0.29) is 0 Å². The summed E-state index contributed by atoms with van der Waals surface area (Å²) in [5.41, 5.74) is 5.17. The van der Waals surface area contributed by atoms with Gasteiger partial charge in [0.2, 0.25) is 0 Å². The molecule has 12 heavy (non-hydrogen) atoms. The van der Waals surface area contributed by atoms with Crippen molar-refractivity contribution in [2.24, 2.45) is 5.73 Å². The monoisotopic (exact) mass is 235 g/mol. The van der Waals surface area contributed by atoms with Crippen molar-refractivity contribution < 1.29 is 14.6 Å². The van der Waals surface area contributed by atoms with Gasteiger partial charge in [0.05, 0.1) is 6.10 Å². The Bertz CT molecular complexity index is 168. The summed E-state index contributed by atoms with van der Waals surface area (Å²) >= 11 is 15.4. The van der Waals surface area contributed by atoms with Gasteiger partial charge in [0.25, 0.3) is 0 Å². The van der Waals surface area contributed by atoms with E-state index in [2.05, 4.69) is 4.74 Å². The Morgan fingerprint density at radius 3 is 2.25 bits per heavy atom. The summed E-state index contributed by atoms with van der Waals surface area (Å²) in [5.74, 6) is -0.968. The lowest BCUT2D eigenvalue weighted by atomic mass is 10.2. The van der Waals surface area contributed by atoms with Crippen molar-refractivity contribution in [1.29, 1.82) is 0 Å². The number of carbonyl (C=O) groups excluding carboxylic acids is 1. The molecule has 0 aromatic heterocycles. The van der Waals surface area contributed by atoms with Crippen LogP contribution >= 0.6 is 34.8 Å². The number of carbonyl (C=O) groups is 1. The maximum Gasteiger partial charge on any atom is 0.340 e. The zero-order chi connectivity index (χ0) is 9.94. The van der Waals surface area contributed by atoms with E-state index in [0.717, 1.165) is 0 Å². The van der Waals surface area contributed by atoms with E-state index in [1.807, 2.05) is 0 Å². The molecule has 0 unspecified atom stereocenters. The number of aliphatic hydroxyl groups excluding tert-OH is 1. The van der Waals surface area contributed by atoms with Crippen LogP contribution in [-0.2, 0) is 9.53 Å². The van der Waals surface area contributed by atoms with Crippen molar-refractivity contribution in [2.45, 2.75) is 23.0 Å². The van der Waals surface area contributed by atoms with Crippen LogP contribution in [0, 0.1) is 0 Å². The van der Waals surface area contributed by atoms with Gasteiger partial charge in [-0.05, 0) is 41.7 Å². The second-order valence-corrected chi connectivity index (χ2v) is 4.31. The second kappa shape index (κ2) is 4.48. The molecule has 7 heteroatoms. The average molecular weight is 236 g/mol. The molecule has 0 rings (SSSR count). The predicted molar refractivity (Wildman–Crippen MR) is 46.0 cm³/mol. The fourth-order valence-electron chi connectivity index (χ4n) is 0.379. The van der Waals surface area contributed by atoms with Gasteiger partial charge in [-0.25, -0.2) is 0 Å². The molecule has 0 aromatic carbocycles. The molecule has 0 saturated carbocycles. The van der Waals surface area contributed by atoms with E-state index in [4.69, 9.17) is 45.6 Å². The van der Waals surface area contributed by atoms with Crippen LogP contribution in [0.2, 0.25) is 0 Å². The van der Waals surface area contributed by atoms with Crippen molar-refractivity contribution >= 4 is 40.8 Å². The number of hydrogen-bond donors (Lipinski definition) is 2. The third-order valence-corrected chi connectivity index (χ3v) is 1.24. The highest BCUT2D eigenvalue weighted by Crippen LogP contribution is 2.27. The van der Waals surface area contributed by atoms with E-state index >= 15 is 0 Å². The van der Waals surface area contributed by atoms with Gasteiger partial charge in [-0.1, -0.05) is 0 Å². The highest BCUT2D eigenvalue weighted by molar-refractivity contribution is 6.66.